The summed E-state index contributed by atoms with van der Waals surface area (Å²) in [6.07, 6.45) is 3.05. The highest BCUT2D eigenvalue weighted by Gasteiger charge is 2.01. The number of allylic oxidation sites excluding steroid dienone is 1. The van der Waals surface area contributed by atoms with E-state index in [0.29, 0.717) is 6.61 Å². The maximum atomic E-state index is 10.6. The van der Waals surface area contributed by atoms with Crippen LogP contribution in [0.1, 0.15) is 12.8 Å². The van der Waals surface area contributed by atoms with Gasteiger partial charge in [0.1, 0.15) is 0 Å². The molecule has 3 heteroatoms. The third kappa shape index (κ3) is 6.34. The molecule has 0 spiro atoms. The van der Waals surface area contributed by atoms with Gasteiger partial charge in [-0.2, -0.15) is 0 Å². The minimum Gasteiger partial charge on any atom is -0.463 e. The standard InChI is InChI=1S/C10H18O2Si/c1-5-10(11)12-8-6-7-9(2)13(3)4/h5,13H,1-2,6-8H2,3-4H3. The Morgan fingerprint density at radius 1 is 1.54 bits per heavy atom. The van der Waals surface area contributed by atoms with E-state index in [9.17, 15) is 4.79 Å². The van der Waals surface area contributed by atoms with Crippen molar-refractivity contribution in [2.75, 3.05) is 6.61 Å². The lowest BCUT2D eigenvalue weighted by molar-refractivity contribution is -0.137. The number of hydrogen-bond donors (Lipinski definition) is 0. The van der Waals surface area contributed by atoms with E-state index in [2.05, 4.69) is 26.3 Å². The van der Waals surface area contributed by atoms with E-state index in [0.717, 1.165) is 12.8 Å². The van der Waals surface area contributed by atoms with Gasteiger partial charge in [-0.15, -0.1) is 6.58 Å². The quantitative estimate of drug-likeness (QED) is 0.283. The first-order chi connectivity index (χ1) is 6.07. The van der Waals surface area contributed by atoms with E-state index >= 15 is 0 Å². The summed E-state index contributed by atoms with van der Waals surface area (Å²) in [5.74, 6) is -0.340. The van der Waals surface area contributed by atoms with Crippen molar-refractivity contribution < 1.29 is 9.53 Å². The van der Waals surface area contributed by atoms with Crippen molar-refractivity contribution in [1.29, 1.82) is 0 Å². The van der Waals surface area contributed by atoms with Crippen LogP contribution in [-0.4, -0.2) is 21.4 Å². The molecule has 0 aliphatic heterocycles. The number of carbonyl (C=O) groups excluding carboxylic acids is 1. The first kappa shape index (κ1) is 12.2. The number of ether oxygens (including phenoxy) is 1. The lowest BCUT2D eigenvalue weighted by atomic mass is 10.3. The van der Waals surface area contributed by atoms with Crippen molar-refractivity contribution in [1.82, 2.24) is 0 Å². The summed E-state index contributed by atoms with van der Waals surface area (Å²) in [6, 6.07) is 0. The molecule has 0 rings (SSSR count). The Labute approximate surface area is 81.9 Å². The maximum Gasteiger partial charge on any atom is 0.330 e. The van der Waals surface area contributed by atoms with Crippen LogP contribution in [0.3, 0.4) is 0 Å². The summed E-state index contributed by atoms with van der Waals surface area (Å²) in [5.41, 5.74) is 0. The van der Waals surface area contributed by atoms with Crippen molar-refractivity contribution in [3.05, 3.63) is 24.4 Å². The minimum absolute atomic E-state index is 0.340. The highest BCUT2D eigenvalue weighted by Crippen LogP contribution is 2.06. The zero-order chi connectivity index (χ0) is 10.3. The molecule has 0 saturated carbocycles. The van der Waals surface area contributed by atoms with E-state index in [4.69, 9.17) is 4.74 Å². The maximum absolute atomic E-state index is 10.6. The molecule has 0 atom stereocenters. The van der Waals surface area contributed by atoms with Crippen LogP contribution in [0.25, 0.3) is 0 Å². The van der Waals surface area contributed by atoms with Crippen LogP contribution in [0.5, 0.6) is 0 Å². The van der Waals surface area contributed by atoms with Crippen molar-refractivity contribution >= 4 is 14.8 Å². The van der Waals surface area contributed by atoms with Crippen LogP contribution in [0.2, 0.25) is 13.1 Å². The molecular weight excluding hydrogens is 180 g/mol. The predicted octanol–water partition coefficient (Wildman–Crippen LogP) is 2.08. The van der Waals surface area contributed by atoms with Gasteiger partial charge in [-0.1, -0.05) is 24.9 Å². The fourth-order valence-corrected chi connectivity index (χ4v) is 1.60. The molecule has 0 radical (unpaired) electrons. The Morgan fingerprint density at radius 2 is 2.15 bits per heavy atom. The van der Waals surface area contributed by atoms with Gasteiger partial charge in [-0.25, -0.2) is 4.79 Å². The van der Waals surface area contributed by atoms with E-state index in [1.807, 2.05) is 0 Å². The monoisotopic (exact) mass is 198 g/mol. The van der Waals surface area contributed by atoms with Gasteiger partial charge >= 0.3 is 5.97 Å². The van der Waals surface area contributed by atoms with E-state index < -0.39 is 8.80 Å². The molecule has 74 valence electrons. The number of carbonyl (C=O) groups is 1. The minimum atomic E-state index is -0.694. The Bertz CT molecular complexity index is 197. The summed E-state index contributed by atoms with van der Waals surface area (Å²) in [6.45, 7) is 12.3. The molecule has 0 aromatic rings. The molecule has 0 aromatic carbocycles. The van der Waals surface area contributed by atoms with Gasteiger partial charge < -0.3 is 4.74 Å². The van der Waals surface area contributed by atoms with Crippen LogP contribution in [-0.2, 0) is 9.53 Å². The van der Waals surface area contributed by atoms with Crippen LogP contribution < -0.4 is 0 Å². The smallest absolute Gasteiger partial charge is 0.330 e. The fourth-order valence-electron chi connectivity index (χ4n) is 0.820. The van der Waals surface area contributed by atoms with Gasteiger partial charge in [-0.05, 0) is 12.8 Å². The molecular formula is C10H18O2Si. The number of hydrogen-bond acceptors (Lipinski definition) is 2. The summed E-state index contributed by atoms with van der Waals surface area (Å²) in [5, 5.41) is 1.34. The normalized spacial score (nSPS) is 9.77. The third-order valence-electron chi connectivity index (χ3n) is 1.87. The van der Waals surface area contributed by atoms with Gasteiger partial charge in [-0.3, -0.25) is 0 Å². The molecule has 2 nitrogen and oxygen atoms in total. The van der Waals surface area contributed by atoms with Gasteiger partial charge in [0, 0.05) is 6.08 Å². The van der Waals surface area contributed by atoms with Crippen molar-refractivity contribution in [3.63, 3.8) is 0 Å². The molecule has 0 N–H and O–H groups in total. The lowest BCUT2D eigenvalue weighted by Crippen LogP contribution is -2.07. The average Bonchev–Trinajstić information content (AvgIpc) is 2.11. The highest BCUT2D eigenvalue weighted by molar-refractivity contribution is 6.63. The van der Waals surface area contributed by atoms with Gasteiger partial charge in [0.05, 0.1) is 15.4 Å². The molecule has 0 aliphatic rings. The van der Waals surface area contributed by atoms with Gasteiger partial charge in [0.2, 0.25) is 0 Å². The number of esters is 1. The van der Waals surface area contributed by atoms with Crippen LogP contribution in [0.4, 0.5) is 0 Å². The van der Waals surface area contributed by atoms with Crippen LogP contribution >= 0.6 is 0 Å². The van der Waals surface area contributed by atoms with Crippen molar-refractivity contribution in [2.24, 2.45) is 0 Å². The lowest BCUT2D eigenvalue weighted by Gasteiger charge is -2.07. The van der Waals surface area contributed by atoms with E-state index in [1.54, 1.807) is 0 Å². The first-order valence-corrected chi connectivity index (χ1v) is 7.43. The molecule has 0 unspecified atom stereocenters. The predicted molar refractivity (Wildman–Crippen MR) is 58.4 cm³/mol. The molecule has 0 bridgehead atoms. The summed E-state index contributed by atoms with van der Waals surface area (Å²) in [4.78, 5) is 10.6. The van der Waals surface area contributed by atoms with E-state index in [-0.39, 0.29) is 5.97 Å². The van der Waals surface area contributed by atoms with Gasteiger partial charge in [0.25, 0.3) is 0 Å². The van der Waals surface area contributed by atoms with E-state index in [1.165, 1.54) is 11.3 Å². The second-order valence-corrected chi connectivity index (χ2v) is 6.41. The SMILES string of the molecule is C=CC(=O)OCCCC(=C)[SiH](C)C. The number of rotatable bonds is 6. The topological polar surface area (TPSA) is 26.3 Å². The first-order valence-electron chi connectivity index (χ1n) is 4.54. The molecule has 0 heterocycles. The molecule has 13 heavy (non-hydrogen) atoms. The second kappa shape index (κ2) is 6.66. The molecule has 0 fully saturated rings. The summed E-state index contributed by atoms with van der Waals surface area (Å²) >= 11 is 0. The largest absolute Gasteiger partial charge is 0.463 e. The highest BCUT2D eigenvalue weighted by atomic mass is 28.3. The second-order valence-electron chi connectivity index (χ2n) is 3.29. The fraction of sp³-hybridized carbons (Fsp3) is 0.500. The molecule has 0 aliphatic carbocycles. The van der Waals surface area contributed by atoms with Crippen molar-refractivity contribution in [3.8, 4) is 0 Å². The third-order valence-corrected chi connectivity index (χ3v) is 3.79. The molecule has 0 aromatic heterocycles. The summed E-state index contributed by atoms with van der Waals surface area (Å²) in [7, 11) is -0.694. The van der Waals surface area contributed by atoms with Crippen molar-refractivity contribution in [2.45, 2.75) is 25.9 Å². The Hall–Kier alpha value is -0.833. The molecule has 0 saturated heterocycles. The van der Waals surface area contributed by atoms with Crippen LogP contribution in [0, 0.1) is 0 Å². The van der Waals surface area contributed by atoms with Gasteiger partial charge in [0.15, 0.2) is 0 Å². The Balaban J connectivity index is 3.41. The average molecular weight is 198 g/mol. The van der Waals surface area contributed by atoms with Crippen LogP contribution in [0.15, 0.2) is 24.4 Å². The molecule has 0 amide bonds. The zero-order valence-corrected chi connectivity index (χ0v) is 9.66. The Morgan fingerprint density at radius 3 is 2.62 bits per heavy atom. The summed E-state index contributed by atoms with van der Waals surface area (Å²) < 4.78 is 4.84. The zero-order valence-electron chi connectivity index (χ0n) is 8.51. The Kier molecular flexibility index (Phi) is 6.23.